The number of nitrogens with zero attached hydrogens (tertiary/aromatic N) is 6. The Bertz CT molecular complexity index is 860. The number of nitrogens with one attached hydrogen (secondary N) is 1. The van der Waals surface area contributed by atoms with E-state index in [9.17, 15) is 0 Å². The van der Waals surface area contributed by atoms with E-state index in [1.165, 1.54) is 11.1 Å². The summed E-state index contributed by atoms with van der Waals surface area (Å²) in [6.45, 7) is 4.17. The lowest BCUT2D eigenvalue weighted by Crippen LogP contribution is -2.38. The monoisotopic (exact) mass is 497 g/mol. The number of aryl methyl sites for hydroxylation is 1. The molecule has 0 aliphatic rings. The summed E-state index contributed by atoms with van der Waals surface area (Å²) in [6.07, 6.45) is 3.27. The van der Waals surface area contributed by atoms with E-state index in [0.717, 1.165) is 23.2 Å². The molecule has 0 saturated carbocycles. The Morgan fingerprint density at radius 1 is 1.33 bits per heavy atom. The Morgan fingerprint density at radius 3 is 2.81 bits per heavy atom. The van der Waals surface area contributed by atoms with Gasteiger partial charge in [0.25, 0.3) is 0 Å². The first kappa shape index (κ1) is 21.3. The molecule has 27 heavy (non-hydrogen) atoms. The molecule has 2 aromatic heterocycles. The SMILES string of the molecule is CN=C(NCc1cccc(Cn2cncn2)c1)N(C)Cc1csc(C)n1.I. The molecule has 0 amide bonds. The molecule has 0 fully saturated rings. The normalized spacial score (nSPS) is 11.1. The molecule has 3 aromatic rings. The molecule has 2 heterocycles. The lowest BCUT2D eigenvalue weighted by Gasteiger charge is -2.21. The minimum absolute atomic E-state index is 0. The van der Waals surface area contributed by atoms with Gasteiger partial charge in [-0.15, -0.1) is 35.3 Å². The van der Waals surface area contributed by atoms with Crippen molar-refractivity contribution in [2.24, 2.45) is 4.99 Å². The largest absolute Gasteiger partial charge is 0.352 e. The van der Waals surface area contributed by atoms with Crippen molar-refractivity contribution >= 4 is 41.3 Å². The molecule has 0 bridgehead atoms. The van der Waals surface area contributed by atoms with Crippen LogP contribution in [-0.4, -0.2) is 44.7 Å². The van der Waals surface area contributed by atoms with E-state index >= 15 is 0 Å². The lowest BCUT2D eigenvalue weighted by molar-refractivity contribution is 0.470. The molecule has 144 valence electrons. The first-order chi connectivity index (χ1) is 12.6. The highest BCUT2D eigenvalue weighted by atomic mass is 127. The number of benzene rings is 1. The number of thiazole rings is 1. The van der Waals surface area contributed by atoms with E-state index in [0.29, 0.717) is 13.1 Å². The zero-order chi connectivity index (χ0) is 18.4. The minimum Gasteiger partial charge on any atom is -0.352 e. The fourth-order valence-electron chi connectivity index (χ4n) is 2.70. The van der Waals surface area contributed by atoms with Crippen LogP contribution >= 0.6 is 35.3 Å². The van der Waals surface area contributed by atoms with Gasteiger partial charge in [-0.05, 0) is 18.1 Å². The van der Waals surface area contributed by atoms with Crippen LogP contribution in [0.25, 0.3) is 0 Å². The molecule has 0 aliphatic carbocycles. The molecular weight excluding hydrogens is 473 g/mol. The molecule has 9 heteroatoms. The third kappa shape index (κ3) is 6.28. The van der Waals surface area contributed by atoms with Crippen LogP contribution in [0, 0.1) is 6.92 Å². The maximum Gasteiger partial charge on any atom is 0.194 e. The molecule has 0 radical (unpaired) electrons. The summed E-state index contributed by atoms with van der Waals surface area (Å²) in [4.78, 5) is 14.9. The third-order valence-electron chi connectivity index (χ3n) is 3.89. The smallest absolute Gasteiger partial charge is 0.194 e. The van der Waals surface area contributed by atoms with E-state index in [-0.39, 0.29) is 24.0 Å². The molecule has 1 N–H and O–H groups in total. The van der Waals surface area contributed by atoms with Crippen molar-refractivity contribution in [2.75, 3.05) is 14.1 Å². The number of hydrogen-bond acceptors (Lipinski definition) is 5. The Labute approximate surface area is 180 Å². The number of halogens is 1. The molecule has 0 aliphatic heterocycles. The number of aromatic nitrogens is 4. The van der Waals surface area contributed by atoms with Crippen molar-refractivity contribution in [1.82, 2.24) is 30.0 Å². The highest BCUT2D eigenvalue weighted by molar-refractivity contribution is 14.0. The highest BCUT2D eigenvalue weighted by Gasteiger charge is 2.09. The summed E-state index contributed by atoms with van der Waals surface area (Å²) in [5, 5.41) is 10.7. The third-order valence-corrected chi connectivity index (χ3v) is 4.71. The number of aliphatic imine (C=N–C) groups is 1. The molecule has 0 spiro atoms. The fourth-order valence-corrected chi connectivity index (χ4v) is 3.31. The van der Waals surface area contributed by atoms with Crippen molar-refractivity contribution in [1.29, 1.82) is 0 Å². The Morgan fingerprint density at radius 2 is 2.15 bits per heavy atom. The van der Waals surface area contributed by atoms with Gasteiger partial charge in [0, 0.05) is 26.0 Å². The van der Waals surface area contributed by atoms with Gasteiger partial charge in [0.1, 0.15) is 12.7 Å². The standard InChI is InChI=1S/C18H23N7S.HI/c1-14-23-17(11-26-14)10-24(3)18(19-2)21-8-15-5-4-6-16(7-15)9-25-13-20-12-22-25;/h4-7,11-13H,8-10H2,1-3H3,(H,19,21);1H. The molecular formula is C18H24IN7S. The van der Waals surface area contributed by atoms with Crippen LogP contribution in [0.2, 0.25) is 0 Å². The van der Waals surface area contributed by atoms with Crippen LogP contribution in [-0.2, 0) is 19.6 Å². The molecule has 7 nitrogen and oxygen atoms in total. The molecule has 0 unspecified atom stereocenters. The van der Waals surface area contributed by atoms with Crippen molar-refractivity contribution in [3.63, 3.8) is 0 Å². The Hall–Kier alpha value is -2.01. The van der Waals surface area contributed by atoms with E-state index in [4.69, 9.17) is 0 Å². The fraction of sp³-hybridized carbons (Fsp3) is 0.333. The zero-order valence-corrected chi connectivity index (χ0v) is 18.8. The Balaban J connectivity index is 0.00000261. The van der Waals surface area contributed by atoms with Gasteiger partial charge >= 0.3 is 0 Å². The summed E-state index contributed by atoms with van der Waals surface area (Å²) in [6, 6.07) is 8.44. The second-order valence-corrected chi connectivity index (χ2v) is 7.09. The number of rotatable bonds is 6. The van der Waals surface area contributed by atoms with E-state index < -0.39 is 0 Å². The summed E-state index contributed by atoms with van der Waals surface area (Å²) in [5.74, 6) is 0.845. The van der Waals surface area contributed by atoms with Crippen LogP contribution < -0.4 is 5.32 Å². The van der Waals surface area contributed by atoms with E-state index in [1.807, 2.05) is 18.7 Å². The predicted molar refractivity (Wildman–Crippen MR) is 119 cm³/mol. The first-order valence-electron chi connectivity index (χ1n) is 8.37. The van der Waals surface area contributed by atoms with Gasteiger partial charge in [0.05, 0.1) is 23.8 Å². The van der Waals surface area contributed by atoms with Crippen LogP contribution in [0.3, 0.4) is 0 Å². The maximum absolute atomic E-state index is 4.51. The second-order valence-electron chi connectivity index (χ2n) is 6.03. The Kier molecular flexibility index (Phi) is 8.17. The average Bonchev–Trinajstić information content (AvgIpc) is 3.27. The van der Waals surface area contributed by atoms with Crippen molar-refractivity contribution in [3.05, 3.63) is 64.1 Å². The van der Waals surface area contributed by atoms with Gasteiger partial charge < -0.3 is 10.2 Å². The second kappa shape index (κ2) is 10.4. The van der Waals surface area contributed by atoms with E-state index in [2.05, 4.69) is 59.9 Å². The first-order valence-corrected chi connectivity index (χ1v) is 9.25. The summed E-state index contributed by atoms with van der Waals surface area (Å²) in [7, 11) is 3.82. The van der Waals surface area contributed by atoms with Crippen LogP contribution in [0.4, 0.5) is 0 Å². The van der Waals surface area contributed by atoms with Crippen LogP contribution in [0.15, 0.2) is 47.3 Å². The topological polar surface area (TPSA) is 71.2 Å². The number of hydrogen-bond donors (Lipinski definition) is 1. The van der Waals surface area contributed by atoms with Crippen molar-refractivity contribution < 1.29 is 0 Å². The van der Waals surface area contributed by atoms with Gasteiger partial charge in [-0.1, -0.05) is 24.3 Å². The lowest BCUT2D eigenvalue weighted by atomic mass is 10.1. The van der Waals surface area contributed by atoms with Crippen molar-refractivity contribution in [2.45, 2.75) is 26.6 Å². The van der Waals surface area contributed by atoms with Gasteiger partial charge in [0.2, 0.25) is 0 Å². The number of guanidine groups is 1. The van der Waals surface area contributed by atoms with Gasteiger partial charge in [-0.25, -0.2) is 14.6 Å². The molecule has 1 aromatic carbocycles. The molecule has 3 rings (SSSR count). The average molecular weight is 497 g/mol. The van der Waals surface area contributed by atoms with Gasteiger partial charge in [-0.3, -0.25) is 4.99 Å². The zero-order valence-electron chi connectivity index (χ0n) is 15.7. The van der Waals surface area contributed by atoms with E-state index in [1.54, 1.807) is 31.0 Å². The van der Waals surface area contributed by atoms with Crippen molar-refractivity contribution in [3.8, 4) is 0 Å². The summed E-state index contributed by atoms with van der Waals surface area (Å²) >= 11 is 1.67. The summed E-state index contributed by atoms with van der Waals surface area (Å²) in [5.41, 5.74) is 3.45. The van der Waals surface area contributed by atoms with Crippen LogP contribution in [0.1, 0.15) is 21.8 Å². The minimum atomic E-state index is 0. The van der Waals surface area contributed by atoms with Crippen LogP contribution in [0.5, 0.6) is 0 Å². The summed E-state index contributed by atoms with van der Waals surface area (Å²) < 4.78 is 1.81. The quantitative estimate of drug-likeness (QED) is 0.322. The van der Waals surface area contributed by atoms with Gasteiger partial charge in [-0.2, -0.15) is 5.10 Å². The highest BCUT2D eigenvalue weighted by Crippen LogP contribution is 2.10. The molecule has 0 saturated heterocycles. The van der Waals surface area contributed by atoms with Gasteiger partial charge in [0.15, 0.2) is 5.96 Å². The predicted octanol–water partition coefficient (Wildman–Crippen LogP) is 2.92. The molecule has 0 atom stereocenters. The maximum atomic E-state index is 4.51.